The van der Waals surface area contributed by atoms with E-state index in [0.29, 0.717) is 23.7 Å². The van der Waals surface area contributed by atoms with E-state index in [1.165, 1.54) is 10.2 Å². The first-order valence-corrected chi connectivity index (χ1v) is 12.7. The summed E-state index contributed by atoms with van der Waals surface area (Å²) in [5, 5.41) is 11.7. The van der Waals surface area contributed by atoms with Gasteiger partial charge in [0, 0.05) is 26.0 Å². The number of rotatable bonds is 7. The molecular formula is C30H30ClN5O2. The Hall–Kier alpha value is -4.36. The van der Waals surface area contributed by atoms with Crippen molar-refractivity contribution in [1.29, 1.82) is 0 Å². The van der Waals surface area contributed by atoms with Gasteiger partial charge >= 0.3 is 0 Å². The van der Waals surface area contributed by atoms with Gasteiger partial charge in [0.15, 0.2) is 0 Å². The highest BCUT2D eigenvalue weighted by Gasteiger charge is 2.19. The molecule has 0 saturated heterocycles. The predicted octanol–water partition coefficient (Wildman–Crippen LogP) is 6.54. The molecule has 0 aliphatic carbocycles. The monoisotopic (exact) mass is 527 g/mol. The topological polar surface area (TPSA) is 74.0 Å². The molecule has 0 bridgehead atoms. The van der Waals surface area contributed by atoms with Gasteiger partial charge in [0.2, 0.25) is 0 Å². The van der Waals surface area contributed by atoms with E-state index in [2.05, 4.69) is 15.5 Å². The molecule has 1 N–H and O–H groups in total. The molecule has 1 amide bonds. The molecule has 0 atom stereocenters. The number of nitrogens with zero attached hydrogens (tertiary/aromatic N) is 4. The molecule has 5 aromatic rings. The van der Waals surface area contributed by atoms with E-state index < -0.39 is 0 Å². The van der Waals surface area contributed by atoms with Gasteiger partial charge in [-0.2, -0.15) is 10.2 Å². The third kappa shape index (κ3) is 6.89. The Morgan fingerprint density at radius 2 is 1.61 bits per heavy atom. The standard InChI is InChI=1S/C21H22ClN3O2.C9H8N2/c1-4-18-19(22)20(25(3)24-18)21(26)23-13-15-7-11-17(12-8-15)27-16-9-5-14(2)6-10-16;1-2-5-9(6-3-1)11-8-4-7-10-11/h5-12H,4,13H2,1-3H3,(H,23,26);1-8H. The van der Waals surface area contributed by atoms with Crippen LogP contribution >= 0.6 is 11.6 Å². The molecule has 0 fully saturated rings. The van der Waals surface area contributed by atoms with Gasteiger partial charge in [-0.1, -0.05) is 66.6 Å². The van der Waals surface area contributed by atoms with Crippen LogP contribution in [0.15, 0.2) is 97.3 Å². The zero-order valence-corrected chi connectivity index (χ0v) is 22.4. The highest BCUT2D eigenvalue weighted by Crippen LogP contribution is 2.23. The van der Waals surface area contributed by atoms with Crippen LogP contribution in [-0.4, -0.2) is 25.5 Å². The van der Waals surface area contributed by atoms with Crippen LogP contribution in [0.1, 0.15) is 34.2 Å². The van der Waals surface area contributed by atoms with E-state index in [9.17, 15) is 4.79 Å². The number of nitrogens with one attached hydrogen (secondary N) is 1. The summed E-state index contributed by atoms with van der Waals surface area (Å²) < 4.78 is 9.17. The molecule has 38 heavy (non-hydrogen) atoms. The van der Waals surface area contributed by atoms with Crippen molar-refractivity contribution in [3.8, 4) is 17.2 Å². The van der Waals surface area contributed by atoms with E-state index in [1.54, 1.807) is 13.2 Å². The fourth-order valence-corrected chi connectivity index (χ4v) is 4.09. The van der Waals surface area contributed by atoms with Crippen LogP contribution in [0.2, 0.25) is 5.02 Å². The molecule has 0 aliphatic heterocycles. The Balaban J connectivity index is 0.000000253. The van der Waals surface area contributed by atoms with Gasteiger partial charge in [-0.15, -0.1) is 0 Å². The summed E-state index contributed by atoms with van der Waals surface area (Å²) in [6, 6.07) is 27.4. The second kappa shape index (κ2) is 12.7. The molecule has 0 aliphatic rings. The van der Waals surface area contributed by atoms with Crippen molar-refractivity contribution in [2.45, 2.75) is 26.8 Å². The Morgan fingerprint density at radius 1 is 0.947 bits per heavy atom. The Kier molecular flexibility index (Phi) is 8.95. The number of hydrogen-bond acceptors (Lipinski definition) is 4. The van der Waals surface area contributed by atoms with Crippen molar-refractivity contribution in [2.24, 2.45) is 7.05 Å². The van der Waals surface area contributed by atoms with E-state index in [1.807, 2.05) is 110 Å². The van der Waals surface area contributed by atoms with Gasteiger partial charge in [0.1, 0.15) is 17.2 Å². The molecule has 8 heteroatoms. The zero-order valence-electron chi connectivity index (χ0n) is 21.6. The second-order valence-electron chi connectivity index (χ2n) is 8.61. The maximum Gasteiger partial charge on any atom is 0.271 e. The summed E-state index contributed by atoms with van der Waals surface area (Å²) in [7, 11) is 1.72. The Labute approximate surface area is 227 Å². The van der Waals surface area contributed by atoms with Gasteiger partial charge in [-0.25, -0.2) is 4.68 Å². The third-order valence-electron chi connectivity index (χ3n) is 5.76. The van der Waals surface area contributed by atoms with Gasteiger partial charge in [-0.05, 0) is 61.4 Å². The molecule has 2 heterocycles. The molecule has 0 radical (unpaired) electrons. The van der Waals surface area contributed by atoms with Crippen LogP contribution in [0, 0.1) is 6.92 Å². The molecule has 3 aromatic carbocycles. The van der Waals surface area contributed by atoms with Crippen molar-refractivity contribution in [3.05, 3.63) is 125 Å². The molecule has 7 nitrogen and oxygen atoms in total. The normalized spacial score (nSPS) is 10.4. The molecule has 5 rings (SSSR count). The van der Waals surface area contributed by atoms with Gasteiger partial charge < -0.3 is 10.1 Å². The van der Waals surface area contributed by atoms with Crippen molar-refractivity contribution >= 4 is 17.5 Å². The highest BCUT2D eigenvalue weighted by molar-refractivity contribution is 6.34. The lowest BCUT2D eigenvalue weighted by Gasteiger charge is -2.09. The summed E-state index contributed by atoms with van der Waals surface area (Å²) in [5.74, 6) is 1.30. The quantitative estimate of drug-likeness (QED) is 0.261. The van der Waals surface area contributed by atoms with Crippen LogP contribution < -0.4 is 10.1 Å². The molecule has 194 valence electrons. The average Bonchev–Trinajstić information content (AvgIpc) is 3.58. The van der Waals surface area contributed by atoms with Gasteiger partial charge in [-0.3, -0.25) is 9.48 Å². The summed E-state index contributed by atoms with van der Waals surface area (Å²) in [6.07, 6.45) is 4.38. The van der Waals surface area contributed by atoms with E-state index in [4.69, 9.17) is 16.3 Å². The maximum atomic E-state index is 12.4. The molecule has 0 unspecified atom stereocenters. The van der Waals surface area contributed by atoms with Crippen molar-refractivity contribution in [1.82, 2.24) is 24.9 Å². The Bertz CT molecular complexity index is 1450. The number of benzene rings is 3. The number of carbonyl (C=O) groups is 1. The molecule has 0 saturated carbocycles. The van der Waals surface area contributed by atoms with Crippen molar-refractivity contribution in [3.63, 3.8) is 0 Å². The first kappa shape index (κ1) is 26.7. The summed E-state index contributed by atoms with van der Waals surface area (Å²) in [4.78, 5) is 12.4. The van der Waals surface area contributed by atoms with E-state index in [-0.39, 0.29) is 5.91 Å². The summed E-state index contributed by atoms with van der Waals surface area (Å²) in [5.41, 5.74) is 4.36. The van der Waals surface area contributed by atoms with Crippen LogP contribution in [0.25, 0.3) is 5.69 Å². The Morgan fingerprint density at radius 3 is 2.18 bits per heavy atom. The molecular weight excluding hydrogens is 498 g/mol. The van der Waals surface area contributed by atoms with Crippen LogP contribution in [0.5, 0.6) is 11.5 Å². The third-order valence-corrected chi connectivity index (χ3v) is 6.16. The van der Waals surface area contributed by atoms with Gasteiger partial charge in [0.25, 0.3) is 5.91 Å². The lowest BCUT2D eigenvalue weighted by atomic mass is 10.2. The predicted molar refractivity (Wildman–Crippen MR) is 150 cm³/mol. The number of ether oxygens (including phenoxy) is 1. The maximum absolute atomic E-state index is 12.4. The first-order chi connectivity index (χ1) is 18.4. The number of aryl methyl sites for hydroxylation is 3. The average molecular weight is 528 g/mol. The number of para-hydroxylation sites is 1. The summed E-state index contributed by atoms with van der Waals surface area (Å²) >= 11 is 6.25. The SMILES string of the molecule is CCc1nn(C)c(C(=O)NCc2ccc(Oc3ccc(C)cc3)cc2)c1Cl.c1ccc(-n2cccn2)cc1. The molecule has 2 aromatic heterocycles. The highest BCUT2D eigenvalue weighted by atomic mass is 35.5. The van der Waals surface area contributed by atoms with Gasteiger partial charge in [0.05, 0.1) is 16.4 Å². The number of hydrogen-bond donors (Lipinski definition) is 1. The molecule has 0 spiro atoms. The van der Waals surface area contributed by atoms with Crippen LogP contribution in [0.4, 0.5) is 0 Å². The van der Waals surface area contributed by atoms with E-state index in [0.717, 1.165) is 28.4 Å². The second-order valence-corrected chi connectivity index (χ2v) is 8.99. The minimum atomic E-state index is -0.241. The van der Waals surface area contributed by atoms with Crippen molar-refractivity contribution in [2.75, 3.05) is 0 Å². The smallest absolute Gasteiger partial charge is 0.271 e. The fraction of sp³-hybridized carbons (Fsp3) is 0.167. The minimum absolute atomic E-state index is 0.241. The number of aromatic nitrogens is 4. The first-order valence-electron chi connectivity index (χ1n) is 12.3. The van der Waals surface area contributed by atoms with Crippen molar-refractivity contribution < 1.29 is 9.53 Å². The number of carbonyl (C=O) groups excluding carboxylic acids is 1. The summed E-state index contributed by atoms with van der Waals surface area (Å²) in [6.45, 7) is 4.39. The van der Waals surface area contributed by atoms with E-state index >= 15 is 0 Å². The fourth-order valence-electron chi connectivity index (χ4n) is 3.71. The van der Waals surface area contributed by atoms with Crippen LogP contribution in [0.3, 0.4) is 0 Å². The lowest BCUT2D eigenvalue weighted by Crippen LogP contribution is -2.25. The minimum Gasteiger partial charge on any atom is -0.457 e. The van der Waals surface area contributed by atoms with Crippen LogP contribution in [-0.2, 0) is 20.0 Å². The number of halogens is 1. The number of amides is 1. The zero-order chi connectivity index (χ0) is 26.9. The largest absolute Gasteiger partial charge is 0.457 e. The lowest BCUT2D eigenvalue weighted by molar-refractivity contribution is 0.0941.